The molecule has 1 saturated heterocycles. The number of amides is 1. The Bertz CT molecular complexity index is 1800. The number of anilines is 1. The molecule has 14 heteroatoms. The van der Waals surface area contributed by atoms with Crippen LogP contribution in [0, 0.1) is 18.6 Å². The monoisotopic (exact) mass is 584 g/mol. The third-order valence-electron chi connectivity index (χ3n) is 7.46. The van der Waals surface area contributed by atoms with Gasteiger partial charge in [-0.1, -0.05) is 17.7 Å². The number of fused-ring (bicyclic) bond motifs is 1. The maximum Gasteiger partial charge on any atom is 0.297 e. The molecule has 1 amide bonds. The molecule has 1 aliphatic heterocycles. The standard InChI is InChI=1S/C27H26F2N6O5S/c1-15-4-6-19(7-5-15)41(38,39)40-18-10-17(11-18)32-27(37)21-13-31-35-14-22(29)25(33-24(21)35)34-8-2-3-23(34)20-9-16(28)12-30-26(20)36/h4-7,9,12-14,17-18,23H,2-3,8,10-11H2,1H3,(H,30,36)(H,32,37). The SMILES string of the molecule is Cc1ccc(S(=O)(=O)OC2CC(NC(=O)c3cnn4cc(F)c(N5CCCC5c5cc(F)c[nH]c5=O)nc34)C2)cc1. The highest BCUT2D eigenvalue weighted by Gasteiger charge is 2.36. The van der Waals surface area contributed by atoms with Gasteiger partial charge < -0.3 is 15.2 Å². The Kier molecular flexibility index (Phi) is 6.82. The first-order valence-electron chi connectivity index (χ1n) is 13.1. The predicted molar refractivity (Wildman–Crippen MR) is 143 cm³/mol. The summed E-state index contributed by atoms with van der Waals surface area (Å²) in [6.07, 6.45) is 4.47. The van der Waals surface area contributed by atoms with E-state index in [0.717, 1.165) is 28.5 Å². The number of aromatic amines is 1. The Morgan fingerprint density at radius 2 is 1.95 bits per heavy atom. The molecule has 4 aromatic rings. The number of halogens is 2. The minimum atomic E-state index is -3.93. The molecule has 1 unspecified atom stereocenters. The van der Waals surface area contributed by atoms with Crippen LogP contribution in [0.4, 0.5) is 14.6 Å². The molecular weight excluding hydrogens is 558 g/mol. The Morgan fingerprint density at radius 1 is 1.20 bits per heavy atom. The lowest BCUT2D eigenvalue weighted by atomic mass is 9.89. The van der Waals surface area contributed by atoms with Crippen molar-refractivity contribution in [3.05, 3.63) is 87.6 Å². The molecule has 0 bridgehead atoms. The number of carbonyl (C=O) groups excluding carboxylic acids is 1. The molecule has 1 aliphatic carbocycles. The molecule has 1 aromatic carbocycles. The van der Waals surface area contributed by atoms with E-state index in [1.807, 2.05) is 6.92 Å². The average molecular weight is 585 g/mol. The molecule has 4 heterocycles. The van der Waals surface area contributed by atoms with Crippen molar-refractivity contribution in [2.45, 2.75) is 55.7 Å². The highest BCUT2D eigenvalue weighted by Crippen LogP contribution is 2.36. The van der Waals surface area contributed by atoms with Gasteiger partial charge in [0.15, 0.2) is 17.3 Å². The number of aryl methyl sites for hydroxylation is 1. The zero-order valence-corrected chi connectivity index (χ0v) is 22.7. The number of H-pyrrole nitrogens is 1. The van der Waals surface area contributed by atoms with Gasteiger partial charge in [-0.3, -0.25) is 13.8 Å². The molecule has 11 nitrogen and oxygen atoms in total. The van der Waals surface area contributed by atoms with Gasteiger partial charge in [0, 0.05) is 24.3 Å². The topological polar surface area (TPSA) is 139 Å². The van der Waals surface area contributed by atoms with Gasteiger partial charge >= 0.3 is 0 Å². The summed E-state index contributed by atoms with van der Waals surface area (Å²) in [5, 5.41) is 6.88. The number of carbonyl (C=O) groups is 1. The van der Waals surface area contributed by atoms with E-state index in [2.05, 4.69) is 20.4 Å². The van der Waals surface area contributed by atoms with Crippen molar-refractivity contribution >= 4 is 27.5 Å². The van der Waals surface area contributed by atoms with Gasteiger partial charge in [0.05, 0.1) is 29.4 Å². The van der Waals surface area contributed by atoms with E-state index in [0.29, 0.717) is 32.2 Å². The molecule has 6 rings (SSSR count). The lowest BCUT2D eigenvalue weighted by molar-refractivity contribution is 0.0733. The fourth-order valence-corrected chi connectivity index (χ4v) is 6.37. The third-order valence-corrected chi connectivity index (χ3v) is 8.83. The van der Waals surface area contributed by atoms with Crippen LogP contribution < -0.4 is 15.8 Å². The van der Waals surface area contributed by atoms with Crippen LogP contribution in [0.1, 0.15) is 53.2 Å². The van der Waals surface area contributed by atoms with Gasteiger partial charge in [0.25, 0.3) is 21.6 Å². The Balaban J connectivity index is 1.16. The minimum Gasteiger partial charge on any atom is -0.349 e. The number of aromatic nitrogens is 4. The lowest BCUT2D eigenvalue weighted by Gasteiger charge is -2.34. The molecule has 2 fully saturated rings. The summed E-state index contributed by atoms with van der Waals surface area (Å²) in [5.41, 5.74) is 0.827. The van der Waals surface area contributed by atoms with E-state index in [1.165, 1.54) is 18.3 Å². The second-order valence-corrected chi connectivity index (χ2v) is 11.9. The molecule has 2 N–H and O–H groups in total. The van der Waals surface area contributed by atoms with E-state index in [-0.39, 0.29) is 33.5 Å². The van der Waals surface area contributed by atoms with Crippen molar-refractivity contribution in [1.82, 2.24) is 24.9 Å². The van der Waals surface area contributed by atoms with Crippen LogP contribution >= 0.6 is 0 Å². The van der Waals surface area contributed by atoms with Gasteiger partial charge in [-0.15, -0.1) is 0 Å². The number of rotatable bonds is 7. The van der Waals surface area contributed by atoms with E-state index in [4.69, 9.17) is 4.18 Å². The molecule has 0 spiro atoms. The summed E-state index contributed by atoms with van der Waals surface area (Å²) in [5.74, 6) is -1.89. The van der Waals surface area contributed by atoms with Gasteiger partial charge in [0.2, 0.25) is 0 Å². The summed E-state index contributed by atoms with van der Waals surface area (Å²) in [6, 6.07) is 6.55. The summed E-state index contributed by atoms with van der Waals surface area (Å²) < 4.78 is 60.6. The highest BCUT2D eigenvalue weighted by atomic mass is 32.2. The molecule has 2 aliphatic rings. The highest BCUT2D eigenvalue weighted by molar-refractivity contribution is 7.86. The van der Waals surface area contributed by atoms with Crippen LogP contribution in [0.3, 0.4) is 0 Å². The summed E-state index contributed by atoms with van der Waals surface area (Å²) in [7, 11) is -3.93. The van der Waals surface area contributed by atoms with Crippen LogP contribution in [0.5, 0.6) is 0 Å². The zero-order valence-electron chi connectivity index (χ0n) is 21.9. The Hall–Kier alpha value is -4.17. The molecule has 0 radical (unpaired) electrons. The Labute approximate surface area is 233 Å². The van der Waals surface area contributed by atoms with Crippen LogP contribution in [-0.2, 0) is 14.3 Å². The molecule has 41 heavy (non-hydrogen) atoms. The average Bonchev–Trinajstić information content (AvgIpc) is 3.55. The largest absolute Gasteiger partial charge is 0.349 e. The second kappa shape index (κ2) is 10.3. The maximum atomic E-state index is 15.2. The quantitative estimate of drug-likeness (QED) is 0.316. The summed E-state index contributed by atoms with van der Waals surface area (Å²) in [4.78, 5) is 33.9. The van der Waals surface area contributed by atoms with Gasteiger partial charge in [-0.2, -0.15) is 13.5 Å². The normalized spacial score (nSPS) is 20.8. The van der Waals surface area contributed by atoms with Crippen molar-refractivity contribution in [2.24, 2.45) is 0 Å². The van der Waals surface area contributed by atoms with Crippen molar-refractivity contribution in [3.63, 3.8) is 0 Å². The van der Waals surface area contributed by atoms with Gasteiger partial charge in [-0.05, 0) is 50.8 Å². The molecule has 1 saturated carbocycles. The van der Waals surface area contributed by atoms with E-state index >= 15 is 4.39 Å². The first kappa shape index (κ1) is 27.0. The molecule has 214 valence electrons. The number of hydrogen-bond donors (Lipinski definition) is 2. The molecule has 3 aromatic heterocycles. The van der Waals surface area contributed by atoms with Crippen molar-refractivity contribution in [2.75, 3.05) is 11.4 Å². The smallest absolute Gasteiger partial charge is 0.297 e. The van der Waals surface area contributed by atoms with Gasteiger partial charge in [-0.25, -0.2) is 18.3 Å². The van der Waals surface area contributed by atoms with E-state index < -0.39 is 45.4 Å². The first-order chi connectivity index (χ1) is 19.6. The number of nitrogens with one attached hydrogen (secondary N) is 2. The van der Waals surface area contributed by atoms with Gasteiger partial charge in [0.1, 0.15) is 11.4 Å². The van der Waals surface area contributed by atoms with Crippen LogP contribution in [0.2, 0.25) is 0 Å². The van der Waals surface area contributed by atoms with Crippen LogP contribution in [0.15, 0.2) is 58.6 Å². The maximum absolute atomic E-state index is 15.2. The number of benzene rings is 1. The zero-order chi connectivity index (χ0) is 28.9. The Morgan fingerprint density at radius 3 is 2.71 bits per heavy atom. The predicted octanol–water partition coefficient (Wildman–Crippen LogP) is 3.01. The minimum absolute atomic E-state index is 0.0679. The summed E-state index contributed by atoms with van der Waals surface area (Å²) in [6.45, 7) is 2.23. The van der Waals surface area contributed by atoms with Crippen LogP contribution in [0.25, 0.3) is 5.65 Å². The fourth-order valence-electron chi connectivity index (χ4n) is 5.27. The second-order valence-electron chi connectivity index (χ2n) is 10.3. The van der Waals surface area contributed by atoms with Crippen molar-refractivity contribution in [1.29, 1.82) is 0 Å². The number of hydrogen-bond acceptors (Lipinski definition) is 8. The third kappa shape index (κ3) is 5.20. The van der Waals surface area contributed by atoms with E-state index in [9.17, 15) is 22.4 Å². The summed E-state index contributed by atoms with van der Waals surface area (Å²) >= 11 is 0. The lowest BCUT2D eigenvalue weighted by Crippen LogP contribution is -2.48. The van der Waals surface area contributed by atoms with Crippen LogP contribution in [-0.4, -0.2) is 52.6 Å². The molecular formula is C27H26F2N6O5S. The molecule has 1 atom stereocenters. The number of pyridine rings is 1. The van der Waals surface area contributed by atoms with E-state index in [1.54, 1.807) is 17.0 Å². The fraction of sp³-hybridized carbons (Fsp3) is 0.333. The van der Waals surface area contributed by atoms with Crippen molar-refractivity contribution in [3.8, 4) is 0 Å². The van der Waals surface area contributed by atoms with Crippen molar-refractivity contribution < 1.29 is 26.2 Å². The number of nitrogens with zero attached hydrogens (tertiary/aromatic N) is 4. The first-order valence-corrected chi connectivity index (χ1v) is 14.5.